The zero-order valence-corrected chi connectivity index (χ0v) is 13.6. The van der Waals surface area contributed by atoms with Crippen molar-refractivity contribution in [1.82, 2.24) is 4.72 Å². The van der Waals surface area contributed by atoms with E-state index in [4.69, 9.17) is 5.73 Å². The van der Waals surface area contributed by atoms with Crippen LogP contribution >= 0.6 is 11.8 Å². The van der Waals surface area contributed by atoms with Gasteiger partial charge in [-0.2, -0.15) is 11.8 Å². The molecule has 0 aromatic heterocycles. The van der Waals surface area contributed by atoms with Crippen LogP contribution in [0.4, 0.5) is 5.69 Å². The van der Waals surface area contributed by atoms with E-state index in [-0.39, 0.29) is 4.90 Å². The summed E-state index contributed by atoms with van der Waals surface area (Å²) in [6.07, 6.45) is 3.50. The van der Waals surface area contributed by atoms with Crippen molar-refractivity contribution in [1.29, 1.82) is 0 Å². The Morgan fingerprint density at radius 1 is 1.30 bits per heavy atom. The Labute approximate surface area is 125 Å². The second-order valence-electron chi connectivity index (χ2n) is 5.28. The van der Waals surface area contributed by atoms with Crippen LogP contribution < -0.4 is 10.5 Å². The van der Waals surface area contributed by atoms with E-state index in [1.54, 1.807) is 13.0 Å². The third-order valence-electron chi connectivity index (χ3n) is 3.65. The molecule has 1 aliphatic heterocycles. The largest absolute Gasteiger partial charge is 0.397 e. The standard InChI is InChI=1S/C14H22N2O2S2/c1-10-6-7-11(2)14(13(10)15)20(17,18)16-9-12-5-3-4-8-19-12/h6-7,12,16H,3-5,8-9,15H2,1-2H3. The minimum atomic E-state index is -3.53. The Hall–Kier alpha value is -0.720. The summed E-state index contributed by atoms with van der Waals surface area (Å²) in [5.74, 6) is 1.12. The molecule has 1 aromatic rings. The number of hydrogen-bond acceptors (Lipinski definition) is 4. The topological polar surface area (TPSA) is 72.2 Å². The maximum Gasteiger partial charge on any atom is 0.242 e. The zero-order valence-electron chi connectivity index (χ0n) is 12.0. The Bertz CT molecular complexity index is 579. The Kier molecular flexibility index (Phi) is 4.99. The summed E-state index contributed by atoms with van der Waals surface area (Å²) in [5.41, 5.74) is 7.80. The first-order valence-corrected chi connectivity index (χ1v) is 9.42. The highest BCUT2D eigenvalue weighted by Crippen LogP contribution is 2.27. The van der Waals surface area contributed by atoms with Gasteiger partial charge >= 0.3 is 0 Å². The second kappa shape index (κ2) is 6.37. The summed E-state index contributed by atoms with van der Waals surface area (Å²) in [4.78, 5) is 0.235. The SMILES string of the molecule is Cc1ccc(C)c(S(=O)(=O)NCC2CCCCS2)c1N. The Morgan fingerprint density at radius 3 is 2.65 bits per heavy atom. The van der Waals surface area contributed by atoms with E-state index in [2.05, 4.69) is 4.72 Å². The molecule has 1 fully saturated rings. The molecule has 2 rings (SSSR count). The van der Waals surface area contributed by atoms with E-state index in [0.29, 0.717) is 23.0 Å². The Balaban J connectivity index is 2.16. The summed E-state index contributed by atoms with van der Waals surface area (Å²) in [6, 6.07) is 3.65. The number of benzene rings is 1. The molecule has 0 bridgehead atoms. The molecule has 0 radical (unpaired) electrons. The predicted octanol–water partition coefficient (Wildman–Crippen LogP) is 2.45. The number of anilines is 1. The van der Waals surface area contributed by atoms with Crippen LogP contribution in [0.25, 0.3) is 0 Å². The van der Waals surface area contributed by atoms with Gasteiger partial charge < -0.3 is 5.73 Å². The van der Waals surface area contributed by atoms with Gasteiger partial charge in [0, 0.05) is 11.8 Å². The zero-order chi connectivity index (χ0) is 14.8. The molecule has 0 spiro atoms. The van der Waals surface area contributed by atoms with E-state index in [1.165, 1.54) is 12.8 Å². The van der Waals surface area contributed by atoms with Crippen molar-refractivity contribution in [3.05, 3.63) is 23.3 Å². The van der Waals surface area contributed by atoms with Crippen LogP contribution in [0, 0.1) is 13.8 Å². The normalized spacial score (nSPS) is 20.0. The molecule has 1 aliphatic rings. The molecule has 0 amide bonds. The van der Waals surface area contributed by atoms with Crippen molar-refractivity contribution in [3.63, 3.8) is 0 Å². The fraction of sp³-hybridized carbons (Fsp3) is 0.571. The molecule has 20 heavy (non-hydrogen) atoms. The van der Waals surface area contributed by atoms with Crippen LogP contribution in [-0.2, 0) is 10.0 Å². The molecule has 1 heterocycles. The van der Waals surface area contributed by atoms with E-state index >= 15 is 0 Å². The summed E-state index contributed by atoms with van der Waals surface area (Å²) < 4.78 is 27.7. The molecule has 1 saturated heterocycles. The molecule has 0 aliphatic carbocycles. The highest BCUT2D eigenvalue weighted by Gasteiger charge is 2.23. The predicted molar refractivity (Wildman–Crippen MR) is 85.6 cm³/mol. The number of nitrogens with one attached hydrogen (secondary N) is 1. The number of nitrogen functional groups attached to an aromatic ring is 1. The van der Waals surface area contributed by atoms with Gasteiger partial charge in [-0.25, -0.2) is 13.1 Å². The van der Waals surface area contributed by atoms with E-state index < -0.39 is 10.0 Å². The number of aryl methyl sites for hydroxylation is 2. The molecule has 1 aromatic carbocycles. The van der Waals surface area contributed by atoms with Crippen LogP contribution in [0.2, 0.25) is 0 Å². The molecule has 4 nitrogen and oxygen atoms in total. The van der Waals surface area contributed by atoms with Crippen LogP contribution in [0.1, 0.15) is 30.4 Å². The second-order valence-corrected chi connectivity index (χ2v) is 8.39. The maximum absolute atomic E-state index is 12.5. The first-order valence-electron chi connectivity index (χ1n) is 6.89. The highest BCUT2D eigenvalue weighted by molar-refractivity contribution is 8.00. The summed E-state index contributed by atoms with van der Waals surface area (Å²) in [7, 11) is -3.53. The van der Waals surface area contributed by atoms with Crippen molar-refractivity contribution in [2.45, 2.75) is 43.3 Å². The fourth-order valence-corrected chi connectivity index (χ4v) is 5.26. The molecule has 3 N–H and O–H groups in total. The number of thioether (sulfide) groups is 1. The van der Waals surface area contributed by atoms with Crippen LogP contribution in [0.3, 0.4) is 0 Å². The number of nitrogens with two attached hydrogens (primary N) is 1. The van der Waals surface area contributed by atoms with Gasteiger partial charge in [0.15, 0.2) is 0 Å². The minimum absolute atomic E-state index is 0.235. The number of sulfonamides is 1. The molecular formula is C14H22N2O2S2. The highest BCUT2D eigenvalue weighted by atomic mass is 32.2. The third kappa shape index (κ3) is 3.48. The molecule has 6 heteroatoms. The fourth-order valence-electron chi connectivity index (χ4n) is 2.41. The van der Waals surface area contributed by atoms with Gasteiger partial charge in [0.25, 0.3) is 0 Å². The lowest BCUT2D eigenvalue weighted by Gasteiger charge is -2.22. The quantitative estimate of drug-likeness (QED) is 0.837. The third-order valence-corrected chi connectivity index (χ3v) is 6.68. The van der Waals surface area contributed by atoms with Crippen molar-refractivity contribution in [2.75, 3.05) is 18.0 Å². The minimum Gasteiger partial charge on any atom is -0.397 e. The molecule has 112 valence electrons. The van der Waals surface area contributed by atoms with Gasteiger partial charge in [-0.05, 0) is 43.6 Å². The van der Waals surface area contributed by atoms with Crippen molar-refractivity contribution < 1.29 is 8.42 Å². The van der Waals surface area contributed by atoms with Crippen LogP contribution in [0.15, 0.2) is 17.0 Å². The van der Waals surface area contributed by atoms with Crippen LogP contribution in [0.5, 0.6) is 0 Å². The first-order chi connectivity index (χ1) is 9.42. The molecule has 1 unspecified atom stereocenters. The molecule has 1 atom stereocenters. The monoisotopic (exact) mass is 314 g/mol. The van der Waals surface area contributed by atoms with Gasteiger partial charge in [0.1, 0.15) is 4.90 Å². The maximum atomic E-state index is 12.5. The van der Waals surface area contributed by atoms with Gasteiger partial charge in [-0.15, -0.1) is 0 Å². The lowest BCUT2D eigenvalue weighted by atomic mass is 10.1. The van der Waals surface area contributed by atoms with Crippen LogP contribution in [-0.4, -0.2) is 26.0 Å². The van der Waals surface area contributed by atoms with Gasteiger partial charge in [-0.3, -0.25) is 0 Å². The van der Waals surface area contributed by atoms with Gasteiger partial charge in [0.2, 0.25) is 10.0 Å². The average Bonchev–Trinajstić information content (AvgIpc) is 2.42. The van der Waals surface area contributed by atoms with Crippen molar-refractivity contribution in [3.8, 4) is 0 Å². The van der Waals surface area contributed by atoms with Crippen molar-refractivity contribution in [2.24, 2.45) is 0 Å². The number of rotatable bonds is 4. The summed E-state index contributed by atoms with van der Waals surface area (Å²) in [5, 5.41) is 0.380. The average molecular weight is 314 g/mol. The number of hydrogen-bond donors (Lipinski definition) is 2. The van der Waals surface area contributed by atoms with Gasteiger partial charge in [0.05, 0.1) is 5.69 Å². The Morgan fingerprint density at radius 2 is 2.00 bits per heavy atom. The first kappa shape index (κ1) is 15.7. The summed E-state index contributed by atoms with van der Waals surface area (Å²) >= 11 is 1.85. The lowest BCUT2D eigenvalue weighted by molar-refractivity contribution is 0.573. The lowest BCUT2D eigenvalue weighted by Crippen LogP contribution is -2.32. The molecule has 0 saturated carbocycles. The van der Waals surface area contributed by atoms with Gasteiger partial charge in [-0.1, -0.05) is 18.6 Å². The van der Waals surface area contributed by atoms with E-state index in [1.807, 2.05) is 24.8 Å². The summed E-state index contributed by atoms with van der Waals surface area (Å²) in [6.45, 7) is 4.09. The smallest absolute Gasteiger partial charge is 0.242 e. The van der Waals surface area contributed by atoms with Crippen molar-refractivity contribution >= 4 is 27.5 Å². The van der Waals surface area contributed by atoms with E-state index in [9.17, 15) is 8.42 Å². The molecular weight excluding hydrogens is 292 g/mol. The van der Waals surface area contributed by atoms with E-state index in [0.717, 1.165) is 17.7 Å².